The maximum absolute atomic E-state index is 13.0. The normalized spacial score (nSPS) is 11.2. The number of nitrogens with zero attached hydrogens (tertiary/aromatic N) is 3. The highest BCUT2D eigenvalue weighted by Gasteiger charge is 2.17. The number of benzene rings is 3. The summed E-state index contributed by atoms with van der Waals surface area (Å²) >= 11 is 0. The van der Waals surface area contributed by atoms with Gasteiger partial charge in [0.25, 0.3) is 17.5 Å². The molecule has 0 radical (unpaired) electrons. The van der Waals surface area contributed by atoms with Gasteiger partial charge in [-0.1, -0.05) is 30.3 Å². The molecular weight excluding hydrogens is 478 g/mol. The molecule has 3 N–H and O–H groups in total. The number of carbonyl (C=O) groups is 2. The maximum atomic E-state index is 13.0. The van der Waals surface area contributed by atoms with Gasteiger partial charge in [-0.25, -0.2) is 5.43 Å². The SMILES string of the molecule is COc1cc([N+](=O)[O-])cc(/C=N\NC(=O)/C(=C\c2ccc(N(C)C)cc2)NC(=O)c2ccccc2)c1O. The van der Waals surface area contributed by atoms with Gasteiger partial charge in [0.15, 0.2) is 11.5 Å². The summed E-state index contributed by atoms with van der Waals surface area (Å²) < 4.78 is 4.95. The standard InChI is InChI=1S/C26H25N5O6/c1-30(2)20-11-9-17(10-12-20)13-22(28-25(33)18-7-5-4-6-8-18)26(34)29-27-16-19-14-21(31(35)36)15-23(37-3)24(19)32/h4-16,32H,1-3H3,(H,28,33)(H,29,34)/b22-13+,27-16-. The minimum atomic E-state index is -0.755. The minimum absolute atomic E-state index is 0.0514. The highest BCUT2D eigenvalue weighted by Crippen LogP contribution is 2.33. The van der Waals surface area contributed by atoms with Crippen LogP contribution in [-0.2, 0) is 4.79 Å². The first-order chi connectivity index (χ1) is 17.7. The second-order valence-corrected chi connectivity index (χ2v) is 7.91. The number of hydrogen-bond donors (Lipinski definition) is 3. The fourth-order valence-electron chi connectivity index (χ4n) is 3.17. The van der Waals surface area contributed by atoms with Crippen molar-refractivity contribution < 1.29 is 24.4 Å². The molecule has 0 spiro atoms. The molecule has 3 rings (SSSR count). The Kier molecular flexibility index (Phi) is 8.55. The molecule has 0 saturated carbocycles. The summed E-state index contributed by atoms with van der Waals surface area (Å²) in [7, 11) is 5.05. The lowest BCUT2D eigenvalue weighted by Gasteiger charge is -2.12. The minimum Gasteiger partial charge on any atom is -0.504 e. The van der Waals surface area contributed by atoms with E-state index in [0.717, 1.165) is 24.0 Å². The van der Waals surface area contributed by atoms with Crippen LogP contribution in [0.1, 0.15) is 21.5 Å². The Labute approximate surface area is 212 Å². The maximum Gasteiger partial charge on any atom is 0.287 e. The van der Waals surface area contributed by atoms with Crippen LogP contribution in [0.2, 0.25) is 0 Å². The van der Waals surface area contributed by atoms with Crippen LogP contribution in [0.4, 0.5) is 11.4 Å². The number of rotatable bonds is 9. The second-order valence-electron chi connectivity index (χ2n) is 7.91. The molecule has 2 amide bonds. The van der Waals surface area contributed by atoms with Crippen LogP contribution in [0.15, 0.2) is 77.5 Å². The van der Waals surface area contributed by atoms with Gasteiger partial charge in [0.1, 0.15) is 5.70 Å². The predicted octanol–water partition coefficient (Wildman–Crippen LogP) is 3.30. The molecule has 0 aliphatic heterocycles. The van der Waals surface area contributed by atoms with Crippen LogP contribution in [0.3, 0.4) is 0 Å². The molecule has 0 aliphatic carbocycles. The Morgan fingerprint density at radius 2 is 1.76 bits per heavy atom. The van der Waals surface area contributed by atoms with Crippen molar-refractivity contribution in [2.75, 3.05) is 26.1 Å². The number of ether oxygens (including phenoxy) is 1. The molecule has 11 nitrogen and oxygen atoms in total. The number of non-ortho nitro benzene ring substituents is 1. The number of amides is 2. The number of phenols is 1. The smallest absolute Gasteiger partial charge is 0.287 e. The van der Waals surface area contributed by atoms with Gasteiger partial charge in [-0.15, -0.1) is 0 Å². The van der Waals surface area contributed by atoms with Crippen LogP contribution in [0, 0.1) is 10.1 Å². The number of nitrogens with one attached hydrogen (secondary N) is 2. The fourth-order valence-corrected chi connectivity index (χ4v) is 3.17. The summed E-state index contributed by atoms with van der Waals surface area (Å²) in [6, 6.07) is 17.8. The predicted molar refractivity (Wildman–Crippen MR) is 140 cm³/mol. The van der Waals surface area contributed by atoms with Gasteiger partial charge in [-0.2, -0.15) is 5.10 Å². The number of methoxy groups -OCH3 is 1. The lowest BCUT2D eigenvalue weighted by atomic mass is 10.1. The van der Waals surface area contributed by atoms with E-state index in [9.17, 15) is 24.8 Å². The van der Waals surface area contributed by atoms with E-state index in [1.807, 2.05) is 31.1 Å². The zero-order chi connectivity index (χ0) is 26.9. The van der Waals surface area contributed by atoms with Crippen molar-refractivity contribution in [3.8, 4) is 11.5 Å². The number of hydrogen-bond acceptors (Lipinski definition) is 8. The highest BCUT2D eigenvalue weighted by atomic mass is 16.6. The number of carbonyl (C=O) groups excluding carboxylic acids is 2. The molecule has 0 atom stereocenters. The molecule has 0 unspecified atom stereocenters. The van der Waals surface area contributed by atoms with E-state index in [4.69, 9.17) is 4.74 Å². The topological polar surface area (TPSA) is 146 Å². The molecule has 0 heterocycles. The van der Waals surface area contributed by atoms with Crippen molar-refractivity contribution in [3.05, 3.63) is 99.2 Å². The molecule has 0 aromatic heterocycles. The summed E-state index contributed by atoms with van der Waals surface area (Å²) in [6.45, 7) is 0. The zero-order valence-electron chi connectivity index (χ0n) is 20.3. The summed E-state index contributed by atoms with van der Waals surface area (Å²) in [5.74, 6) is -1.77. The Morgan fingerprint density at radius 3 is 2.35 bits per heavy atom. The van der Waals surface area contributed by atoms with Gasteiger partial charge >= 0.3 is 0 Å². The lowest BCUT2D eigenvalue weighted by Crippen LogP contribution is -2.32. The monoisotopic (exact) mass is 503 g/mol. The van der Waals surface area contributed by atoms with Crippen LogP contribution in [0.5, 0.6) is 11.5 Å². The number of nitro benzene ring substituents is 1. The molecule has 3 aromatic carbocycles. The van der Waals surface area contributed by atoms with Crippen LogP contribution in [0.25, 0.3) is 6.08 Å². The van der Waals surface area contributed by atoms with E-state index in [0.29, 0.717) is 11.1 Å². The molecule has 37 heavy (non-hydrogen) atoms. The van der Waals surface area contributed by atoms with Crippen molar-refractivity contribution in [3.63, 3.8) is 0 Å². The van der Waals surface area contributed by atoms with E-state index >= 15 is 0 Å². The van der Waals surface area contributed by atoms with E-state index in [1.165, 1.54) is 13.2 Å². The Morgan fingerprint density at radius 1 is 1.08 bits per heavy atom. The summed E-state index contributed by atoms with van der Waals surface area (Å²) in [5, 5.41) is 27.8. The molecule has 0 saturated heterocycles. The average molecular weight is 504 g/mol. The number of anilines is 1. The summed E-state index contributed by atoms with van der Waals surface area (Å²) in [4.78, 5) is 38.1. The first-order valence-corrected chi connectivity index (χ1v) is 10.9. The van der Waals surface area contributed by atoms with Crippen LogP contribution in [-0.4, -0.2) is 49.3 Å². The molecule has 0 aliphatic rings. The van der Waals surface area contributed by atoms with E-state index in [2.05, 4.69) is 15.8 Å². The Balaban J connectivity index is 1.87. The number of phenolic OH excluding ortho intramolecular Hbond substituents is 1. The third-order valence-electron chi connectivity index (χ3n) is 5.14. The summed E-state index contributed by atoms with van der Waals surface area (Å²) in [6.07, 6.45) is 2.52. The molecule has 0 bridgehead atoms. The van der Waals surface area contributed by atoms with Crippen molar-refractivity contribution in [2.45, 2.75) is 0 Å². The zero-order valence-corrected chi connectivity index (χ0v) is 20.3. The van der Waals surface area contributed by atoms with Crippen molar-refractivity contribution in [1.82, 2.24) is 10.7 Å². The van der Waals surface area contributed by atoms with Gasteiger partial charge in [-0.05, 0) is 35.9 Å². The van der Waals surface area contributed by atoms with Crippen molar-refractivity contribution in [2.24, 2.45) is 5.10 Å². The number of nitro groups is 1. The first-order valence-electron chi connectivity index (χ1n) is 10.9. The van der Waals surface area contributed by atoms with E-state index < -0.39 is 16.7 Å². The van der Waals surface area contributed by atoms with Crippen LogP contribution < -0.4 is 20.4 Å². The van der Waals surface area contributed by atoms with Crippen molar-refractivity contribution >= 4 is 35.5 Å². The molecule has 0 fully saturated rings. The molecule has 3 aromatic rings. The van der Waals surface area contributed by atoms with Crippen LogP contribution >= 0.6 is 0 Å². The quantitative estimate of drug-likeness (QED) is 0.176. The lowest BCUT2D eigenvalue weighted by molar-refractivity contribution is -0.385. The summed E-state index contributed by atoms with van der Waals surface area (Å²) in [5.41, 5.74) is 3.74. The largest absolute Gasteiger partial charge is 0.504 e. The van der Waals surface area contributed by atoms with E-state index in [-0.39, 0.29) is 28.4 Å². The Hall–Kier alpha value is -5.19. The highest BCUT2D eigenvalue weighted by molar-refractivity contribution is 6.05. The third kappa shape index (κ3) is 6.92. The van der Waals surface area contributed by atoms with Gasteiger partial charge in [0, 0.05) is 37.0 Å². The molecular formula is C26H25N5O6. The Bertz CT molecular complexity index is 1350. The number of hydrazone groups is 1. The second kappa shape index (κ2) is 12.0. The fraction of sp³-hybridized carbons (Fsp3) is 0.115. The molecule has 190 valence electrons. The average Bonchev–Trinajstić information content (AvgIpc) is 2.89. The van der Waals surface area contributed by atoms with E-state index in [1.54, 1.807) is 42.5 Å². The molecule has 11 heteroatoms. The third-order valence-corrected chi connectivity index (χ3v) is 5.14. The van der Waals surface area contributed by atoms with Crippen molar-refractivity contribution in [1.29, 1.82) is 0 Å². The first kappa shape index (κ1) is 26.4. The van der Waals surface area contributed by atoms with Gasteiger partial charge in [0.2, 0.25) is 0 Å². The van der Waals surface area contributed by atoms with Gasteiger partial charge < -0.3 is 20.1 Å². The van der Waals surface area contributed by atoms with Gasteiger partial charge in [-0.3, -0.25) is 19.7 Å². The van der Waals surface area contributed by atoms with Gasteiger partial charge in [0.05, 0.1) is 24.3 Å². The number of aromatic hydroxyl groups is 1.